The Morgan fingerprint density at radius 1 is 1.24 bits per heavy atom. The fraction of sp³-hybridized carbons (Fsp3) is 0.444. The molecule has 2 aliphatic heterocycles. The van der Waals surface area contributed by atoms with Crippen LogP contribution in [0.25, 0.3) is 0 Å². The number of rotatable bonds is 5. The van der Waals surface area contributed by atoms with Crippen LogP contribution in [-0.4, -0.2) is 47.9 Å². The third kappa shape index (κ3) is 3.77. The number of hydrogen-bond acceptors (Lipinski definition) is 4. The molecule has 3 aliphatic rings. The number of nitrogens with one attached hydrogen (secondary N) is 1. The van der Waals surface area contributed by atoms with Crippen molar-refractivity contribution < 1.29 is 9.59 Å². The van der Waals surface area contributed by atoms with Crippen LogP contribution >= 0.6 is 11.6 Å². The van der Waals surface area contributed by atoms with Crippen LogP contribution in [0.4, 0.5) is 5.69 Å². The van der Waals surface area contributed by atoms with Crippen LogP contribution in [0.5, 0.6) is 0 Å². The molecule has 4 atom stereocenters. The molecular formula is C27H29ClN4O2. The molecule has 1 aliphatic carbocycles. The third-order valence-corrected chi connectivity index (χ3v) is 7.83. The second-order valence-corrected chi connectivity index (χ2v) is 10.7. The minimum absolute atomic E-state index is 0.0377. The number of likely N-dealkylation sites (tertiary alicyclic amines) is 1. The summed E-state index contributed by atoms with van der Waals surface area (Å²) in [5.74, 6) is 0.358. The van der Waals surface area contributed by atoms with E-state index in [1.54, 1.807) is 15.9 Å². The van der Waals surface area contributed by atoms with Gasteiger partial charge in [0.15, 0.2) is 0 Å². The molecule has 2 amide bonds. The first-order chi connectivity index (χ1) is 16.2. The predicted molar refractivity (Wildman–Crippen MR) is 132 cm³/mol. The van der Waals surface area contributed by atoms with Crippen LogP contribution in [0.15, 0.2) is 42.5 Å². The summed E-state index contributed by atoms with van der Waals surface area (Å²) in [5, 5.41) is 13.2. The molecule has 0 bridgehead atoms. The number of nitrogens with zero attached hydrogens (tertiary/aromatic N) is 3. The van der Waals surface area contributed by atoms with Gasteiger partial charge < -0.3 is 15.1 Å². The number of carbonyl (C=O) groups excluding carboxylic acids is 2. The maximum Gasteiger partial charge on any atom is 0.258 e. The molecule has 2 fully saturated rings. The molecule has 0 aromatic heterocycles. The van der Waals surface area contributed by atoms with E-state index in [1.807, 2.05) is 37.3 Å². The van der Waals surface area contributed by atoms with E-state index in [9.17, 15) is 14.9 Å². The van der Waals surface area contributed by atoms with Crippen molar-refractivity contribution in [3.8, 4) is 6.07 Å². The minimum Gasteiger partial charge on any atom is -0.322 e. The summed E-state index contributed by atoms with van der Waals surface area (Å²) < 4.78 is 0. The molecule has 176 valence electrons. The second kappa shape index (κ2) is 8.41. The summed E-state index contributed by atoms with van der Waals surface area (Å²) in [7, 11) is 0. The number of nitriles is 1. The molecule has 0 radical (unpaired) electrons. The Hall–Kier alpha value is -2.88. The zero-order valence-corrected chi connectivity index (χ0v) is 20.5. The van der Waals surface area contributed by atoms with Crippen LogP contribution in [-0.2, 0) is 10.2 Å². The van der Waals surface area contributed by atoms with Crippen molar-refractivity contribution in [3.63, 3.8) is 0 Å². The van der Waals surface area contributed by atoms with E-state index >= 15 is 0 Å². The molecule has 1 N–H and O–H groups in total. The monoisotopic (exact) mass is 476 g/mol. The third-order valence-electron chi connectivity index (χ3n) is 7.60. The fourth-order valence-electron chi connectivity index (χ4n) is 5.68. The van der Waals surface area contributed by atoms with Gasteiger partial charge in [0.2, 0.25) is 5.91 Å². The van der Waals surface area contributed by atoms with Crippen LogP contribution < -0.4 is 10.2 Å². The van der Waals surface area contributed by atoms with E-state index in [1.165, 1.54) is 0 Å². The van der Waals surface area contributed by atoms with Gasteiger partial charge in [-0.3, -0.25) is 9.59 Å². The molecule has 0 unspecified atom stereocenters. The number of benzene rings is 2. The normalized spacial score (nSPS) is 25.0. The quantitative estimate of drug-likeness (QED) is 0.704. The van der Waals surface area contributed by atoms with E-state index < -0.39 is 0 Å². The Balaban J connectivity index is 1.38. The summed E-state index contributed by atoms with van der Waals surface area (Å²) in [4.78, 5) is 30.2. The van der Waals surface area contributed by atoms with Crippen LogP contribution in [0.1, 0.15) is 55.1 Å². The second-order valence-electron chi connectivity index (χ2n) is 10.3. The largest absolute Gasteiger partial charge is 0.322 e. The Labute approximate surface area is 205 Å². The number of para-hydroxylation sites is 1. The van der Waals surface area contributed by atoms with Crippen LogP contribution in [0, 0.1) is 17.2 Å². The lowest BCUT2D eigenvalue weighted by molar-refractivity contribution is -0.131. The van der Waals surface area contributed by atoms with Gasteiger partial charge in [-0.2, -0.15) is 5.26 Å². The number of halogens is 1. The Morgan fingerprint density at radius 3 is 2.76 bits per heavy atom. The van der Waals surface area contributed by atoms with E-state index in [0.717, 1.165) is 29.7 Å². The van der Waals surface area contributed by atoms with Gasteiger partial charge in [-0.1, -0.05) is 49.7 Å². The Kier molecular flexibility index (Phi) is 5.66. The Bertz CT molecular complexity index is 1200. The van der Waals surface area contributed by atoms with Crippen molar-refractivity contribution in [1.29, 1.82) is 5.26 Å². The SMILES string of the molecule is C[C@H](CN1C(=O)c2cc(Cl)ccc2C(C)(C)c2ccccc21)NCC(=O)N1[C@H](C#N)C[C@@H]2C[C@@H]21. The maximum atomic E-state index is 13.8. The number of hydrogen-bond donors (Lipinski definition) is 1. The molecule has 7 heteroatoms. The molecule has 34 heavy (non-hydrogen) atoms. The van der Waals surface area contributed by atoms with E-state index in [-0.39, 0.29) is 41.9 Å². The van der Waals surface area contributed by atoms with Gasteiger partial charge in [-0.05, 0) is 55.0 Å². The highest BCUT2D eigenvalue weighted by Gasteiger charge is 2.53. The first-order valence-electron chi connectivity index (χ1n) is 11.9. The van der Waals surface area contributed by atoms with Gasteiger partial charge in [0.05, 0.1) is 12.6 Å². The molecule has 0 spiro atoms. The first-order valence-corrected chi connectivity index (χ1v) is 12.3. The summed E-state index contributed by atoms with van der Waals surface area (Å²) in [5.41, 5.74) is 3.11. The lowest BCUT2D eigenvalue weighted by Crippen LogP contribution is -2.48. The smallest absolute Gasteiger partial charge is 0.258 e. The molecule has 1 saturated carbocycles. The number of amides is 2. The summed E-state index contributed by atoms with van der Waals surface area (Å²) in [6.45, 7) is 6.79. The van der Waals surface area contributed by atoms with Gasteiger partial charge in [-0.25, -0.2) is 0 Å². The standard InChI is InChI=1S/C27H29ClN4O2/c1-16(30-14-25(33)32-19(13-29)10-17-11-24(17)32)15-31-23-7-5-4-6-22(23)27(2,3)21-9-8-18(28)12-20(21)26(31)34/h4-9,12,16-17,19,24,30H,10-11,14-15H2,1-3H3/t16-,17-,19+,24+/m1/s1. The molecule has 1 saturated heterocycles. The molecule has 2 aromatic rings. The summed E-state index contributed by atoms with van der Waals surface area (Å²) in [6.07, 6.45) is 1.80. The zero-order chi connectivity index (χ0) is 24.2. The highest BCUT2D eigenvalue weighted by Crippen LogP contribution is 2.47. The van der Waals surface area contributed by atoms with Crippen LogP contribution in [0.2, 0.25) is 5.02 Å². The average Bonchev–Trinajstić information content (AvgIpc) is 3.50. The fourth-order valence-corrected chi connectivity index (χ4v) is 5.85. The summed E-state index contributed by atoms with van der Waals surface area (Å²) in [6, 6.07) is 15.6. The van der Waals surface area contributed by atoms with Gasteiger partial charge in [0.1, 0.15) is 6.04 Å². The lowest BCUT2D eigenvalue weighted by Gasteiger charge is -2.30. The zero-order valence-electron chi connectivity index (χ0n) is 19.7. The van der Waals surface area contributed by atoms with Gasteiger partial charge >= 0.3 is 0 Å². The van der Waals surface area contributed by atoms with E-state index in [4.69, 9.17) is 11.6 Å². The molecule has 2 heterocycles. The number of anilines is 1. The summed E-state index contributed by atoms with van der Waals surface area (Å²) >= 11 is 6.29. The van der Waals surface area contributed by atoms with E-state index in [2.05, 4.69) is 31.3 Å². The topological polar surface area (TPSA) is 76.4 Å². The highest BCUT2D eigenvalue weighted by atomic mass is 35.5. The number of carbonyl (C=O) groups is 2. The van der Waals surface area contributed by atoms with Gasteiger partial charge in [0, 0.05) is 40.3 Å². The van der Waals surface area contributed by atoms with Gasteiger partial charge in [-0.15, -0.1) is 0 Å². The van der Waals surface area contributed by atoms with Gasteiger partial charge in [0.25, 0.3) is 5.91 Å². The van der Waals surface area contributed by atoms with Crippen molar-refractivity contribution in [2.75, 3.05) is 18.0 Å². The van der Waals surface area contributed by atoms with Crippen molar-refractivity contribution in [3.05, 3.63) is 64.2 Å². The van der Waals surface area contributed by atoms with Crippen molar-refractivity contribution in [2.45, 2.75) is 57.2 Å². The predicted octanol–water partition coefficient (Wildman–Crippen LogP) is 4.12. The molecule has 6 nitrogen and oxygen atoms in total. The number of piperidine rings is 1. The minimum atomic E-state index is -0.379. The average molecular weight is 477 g/mol. The van der Waals surface area contributed by atoms with Crippen molar-refractivity contribution >= 4 is 29.1 Å². The van der Waals surface area contributed by atoms with Crippen LogP contribution in [0.3, 0.4) is 0 Å². The maximum absolute atomic E-state index is 13.8. The number of fused-ring (bicyclic) bond motifs is 3. The Morgan fingerprint density at radius 2 is 2.00 bits per heavy atom. The van der Waals surface area contributed by atoms with Crippen molar-refractivity contribution in [1.82, 2.24) is 10.2 Å². The van der Waals surface area contributed by atoms with E-state index in [0.29, 0.717) is 23.0 Å². The van der Waals surface area contributed by atoms with Crippen molar-refractivity contribution in [2.24, 2.45) is 5.92 Å². The lowest BCUT2D eigenvalue weighted by atomic mass is 9.76. The highest BCUT2D eigenvalue weighted by molar-refractivity contribution is 6.31. The molecular weight excluding hydrogens is 448 g/mol. The molecule has 2 aromatic carbocycles. The first kappa shape index (κ1) is 22.9. The molecule has 5 rings (SSSR count).